The fraction of sp³-hybridized carbons (Fsp3) is 0.200. The summed E-state index contributed by atoms with van der Waals surface area (Å²) in [5.74, 6) is 0.370. The van der Waals surface area contributed by atoms with Crippen LogP contribution in [-0.2, 0) is 10.0 Å². The molecule has 0 unspecified atom stereocenters. The predicted octanol–water partition coefficient (Wildman–Crippen LogP) is 2.78. The number of nitrogen functional groups attached to an aromatic ring is 1. The highest BCUT2D eigenvalue weighted by molar-refractivity contribution is 7.89. The lowest BCUT2D eigenvalue weighted by Gasteiger charge is -2.15. The summed E-state index contributed by atoms with van der Waals surface area (Å²) in [5, 5.41) is 8.35. The summed E-state index contributed by atoms with van der Waals surface area (Å²) in [6.07, 6.45) is 0. The van der Waals surface area contributed by atoms with Crippen LogP contribution in [0.25, 0.3) is 0 Å². The van der Waals surface area contributed by atoms with Crippen molar-refractivity contribution in [1.82, 2.24) is 0 Å². The molecule has 2 aromatic carbocycles. The van der Waals surface area contributed by atoms with Gasteiger partial charge in [-0.2, -0.15) is 0 Å². The van der Waals surface area contributed by atoms with Crippen molar-refractivity contribution in [2.75, 3.05) is 11.1 Å². The van der Waals surface area contributed by atoms with Gasteiger partial charge in [0, 0.05) is 11.4 Å². The van der Waals surface area contributed by atoms with E-state index in [1.807, 2.05) is 18.2 Å². The van der Waals surface area contributed by atoms with Crippen LogP contribution in [0.3, 0.4) is 0 Å². The Hall–Kier alpha value is -2.05. The topological polar surface area (TPSA) is 98.2 Å². The molecule has 0 aromatic heterocycles. The number of hydrogen-bond donors (Lipinski definition) is 3. The Morgan fingerprint density at radius 1 is 1.10 bits per heavy atom. The van der Waals surface area contributed by atoms with Crippen molar-refractivity contribution < 1.29 is 8.42 Å². The Labute approximate surface area is 125 Å². The Balaban J connectivity index is 2.36. The fourth-order valence-electron chi connectivity index (χ4n) is 2.16. The zero-order valence-electron chi connectivity index (χ0n) is 12.0. The Kier molecular flexibility index (Phi) is 4.20. The van der Waals surface area contributed by atoms with Crippen LogP contribution in [0.2, 0.25) is 0 Å². The van der Waals surface area contributed by atoms with Gasteiger partial charge in [0.2, 0.25) is 10.0 Å². The lowest BCUT2D eigenvalue weighted by molar-refractivity contribution is 0.598. The SMILES string of the molecule is CC(C)c1ccccc1Nc1ccc(S(N)(=O)=O)c(N)c1. The molecule has 0 aliphatic carbocycles. The van der Waals surface area contributed by atoms with Gasteiger partial charge in [0.25, 0.3) is 0 Å². The molecular formula is C15H19N3O2S. The number of primary sulfonamides is 1. The third-order valence-corrected chi connectivity index (χ3v) is 4.16. The minimum atomic E-state index is -3.80. The van der Waals surface area contributed by atoms with Crippen molar-refractivity contribution in [2.45, 2.75) is 24.7 Å². The third-order valence-electron chi connectivity index (χ3n) is 3.18. The smallest absolute Gasteiger partial charge is 0.240 e. The maximum Gasteiger partial charge on any atom is 0.240 e. The quantitative estimate of drug-likeness (QED) is 0.756. The molecule has 0 radical (unpaired) electrons. The number of nitrogens with one attached hydrogen (secondary N) is 1. The molecule has 0 atom stereocenters. The van der Waals surface area contributed by atoms with Crippen molar-refractivity contribution in [3.8, 4) is 0 Å². The number of benzene rings is 2. The molecule has 0 aliphatic heterocycles. The second-order valence-corrected chi connectivity index (χ2v) is 6.69. The van der Waals surface area contributed by atoms with E-state index >= 15 is 0 Å². The van der Waals surface area contributed by atoms with Gasteiger partial charge in [-0.25, -0.2) is 13.6 Å². The molecule has 0 fully saturated rings. The molecule has 5 nitrogen and oxygen atoms in total. The number of anilines is 3. The van der Waals surface area contributed by atoms with Gasteiger partial charge in [-0.1, -0.05) is 32.0 Å². The predicted molar refractivity (Wildman–Crippen MR) is 86.0 cm³/mol. The maximum absolute atomic E-state index is 11.3. The van der Waals surface area contributed by atoms with Gasteiger partial charge < -0.3 is 11.1 Å². The highest BCUT2D eigenvalue weighted by Crippen LogP contribution is 2.29. The summed E-state index contributed by atoms with van der Waals surface area (Å²) in [5.41, 5.74) is 8.75. The molecular weight excluding hydrogens is 286 g/mol. The average molecular weight is 305 g/mol. The van der Waals surface area contributed by atoms with Gasteiger partial charge in [0.1, 0.15) is 4.90 Å². The number of nitrogens with two attached hydrogens (primary N) is 2. The molecule has 2 aromatic rings. The Morgan fingerprint density at radius 3 is 2.33 bits per heavy atom. The maximum atomic E-state index is 11.3. The molecule has 6 heteroatoms. The second-order valence-electron chi connectivity index (χ2n) is 5.16. The summed E-state index contributed by atoms with van der Waals surface area (Å²) in [7, 11) is -3.80. The summed E-state index contributed by atoms with van der Waals surface area (Å²) >= 11 is 0. The first-order chi connectivity index (χ1) is 9.79. The monoisotopic (exact) mass is 305 g/mol. The minimum Gasteiger partial charge on any atom is -0.398 e. The first-order valence-electron chi connectivity index (χ1n) is 6.57. The number of hydrogen-bond acceptors (Lipinski definition) is 4. The molecule has 0 aliphatic rings. The molecule has 21 heavy (non-hydrogen) atoms. The van der Waals surface area contributed by atoms with Gasteiger partial charge in [0.15, 0.2) is 0 Å². The summed E-state index contributed by atoms with van der Waals surface area (Å²) in [6.45, 7) is 4.22. The van der Waals surface area contributed by atoms with E-state index in [9.17, 15) is 8.42 Å². The Morgan fingerprint density at radius 2 is 1.76 bits per heavy atom. The molecule has 0 bridgehead atoms. The molecule has 0 amide bonds. The fourth-order valence-corrected chi connectivity index (χ4v) is 2.80. The van der Waals surface area contributed by atoms with Crippen LogP contribution >= 0.6 is 0 Å². The van der Waals surface area contributed by atoms with Gasteiger partial charge in [-0.3, -0.25) is 0 Å². The highest BCUT2D eigenvalue weighted by atomic mass is 32.2. The van der Waals surface area contributed by atoms with Crippen LogP contribution in [0, 0.1) is 0 Å². The average Bonchev–Trinajstić information content (AvgIpc) is 2.37. The van der Waals surface area contributed by atoms with E-state index in [0.717, 1.165) is 5.69 Å². The van der Waals surface area contributed by atoms with E-state index in [1.165, 1.54) is 11.6 Å². The third kappa shape index (κ3) is 3.53. The number of rotatable bonds is 4. The van der Waals surface area contributed by atoms with Crippen LogP contribution in [0.4, 0.5) is 17.1 Å². The van der Waals surface area contributed by atoms with Crippen molar-refractivity contribution in [1.29, 1.82) is 0 Å². The van der Waals surface area contributed by atoms with Crippen molar-refractivity contribution in [2.24, 2.45) is 5.14 Å². The van der Waals surface area contributed by atoms with E-state index in [4.69, 9.17) is 10.9 Å². The molecule has 0 saturated heterocycles. The van der Waals surface area contributed by atoms with Crippen LogP contribution in [-0.4, -0.2) is 8.42 Å². The van der Waals surface area contributed by atoms with Gasteiger partial charge in [0.05, 0.1) is 5.69 Å². The zero-order valence-corrected chi connectivity index (χ0v) is 12.8. The van der Waals surface area contributed by atoms with Crippen molar-refractivity contribution in [3.63, 3.8) is 0 Å². The molecule has 2 rings (SSSR count). The molecule has 0 saturated carbocycles. The van der Waals surface area contributed by atoms with Crippen molar-refractivity contribution >= 4 is 27.1 Å². The molecule has 112 valence electrons. The summed E-state index contributed by atoms with van der Waals surface area (Å²) < 4.78 is 22.7. The number of sulfonamides is 1. The van der Waals surface area contributed by atoms with Crippen LogP contribution in [0.15, 0.2) is 47.4 Å². The second kappa shape index (κ2) is 5.75. The first-order valence-corrected chi connectivity index (χ1v) is 8.12. The van der Waals surface area contributed by atoms with Crippen LogP contribution in [0.5, 0.6) is 0 Å². The van der Waals surface area contributed by atoms with Gasteiger partial charge in [-0.05, 0) is 35.7 Å². The standard InChI is InChI=1S/C15H19N3O2S/c1-10(2)12-5-3-4-6-14(12)18-11-7-8-15(13(16)9-11)21(17,19)20/h3-10,18H,16H2,1-2H3,(H2,17,19,20). The highest BCUT2D eigenvalue weighted by Gasteiger charge is 2.13. The van der Waals surface area contributed by atoms with Gasteiger partial charge >= 0.3 is 0 Å². The number of para-hydroxylation sites is 1. The van der Waals surface area contributed by atoms with E-state index in [1.54, 1.807) is 12.1 Å². The zero-order chi connectivity index (χ0) is 15.6. The lowest BCUT2D eigenvalue weighted by atomic mass is 10.0. The minimum absolute atomic E-state index is 0.0646. The van der Waals surface area contributed by atoms with E-state index < -0.39 is 10.0 Å². The molecule has 5 N–H and O–H groups in total. The summed E-state index contributed by atoms with van der Waals surface area (Å²) in [4.78, 5) is -0.0646. The van der Waals surface area contributed by atoms with Crippen molar-refractivity contribution in [3.05, 3.63) is 48.0 Å². The van der Waals surface area contributed by atoms with Gasteiger partial charge in [-0.15, -0.1) is 0 Å². The molecule has 0 heterocycles. The first kappa shape index (κ1) is 15.3. The van der Waals surface area contributed by atoms with Crippen LogP contribution in [0.1, 0.15) is 25.3 Å². The van der Waals surface area contributed by atoms with Crippen LogP contribution < -0.4 is 16.2 Å². The normalized spacial score (nSPS) is 11.6. The molecule has 0 spiro atoms. The van der Waals surface area contributed by atoms with E-state index in [-0.39, 0.29) is 10.6 Å². The summed E-state index contributed by atoms with van der Waals surface area (Å²) in [6, 6.07) is 12.6. The Bertz CT molecular complexity index is 755. The largest absolute Gasteiger partial charge is 0.398 e. The van der Waals surface area contributed by atoms with E-state index in [0.29, 0.717) is 11.6 Å². The lowest BCUT2D eigenvalue weighted by Crippen LogP contribution is -2.14. The van der Waals surface area contributed by atoms with E-state index in [2.05, 4.69) is 25.2 Å².